The van der Waals surface area contributed by atoms with Crippen molar-refractivity contribution in [3.05, 3.63) is 34.4 Å². The Kier molecular flexibility index (Phi) is 4.55. The molecule has 1 saturated heterocycles. The van der Waals surface area contributed by atoms with Gasteiger partial charge in [-0.25, -0.2) is 0 Å². The summed E-state index contributed by atoms with van der Waals surface area (Å²) >= 11 is 0. The summed E-state index contributed by atoms with van der Waals surface area (Å²) in [4.78, 5) is 2.42. The summed E-state index contributed by atoms with van der Waals surface area (Å²) in [7, 11) is 0. The van der Waals surface area contributed by atoms with Crippen molar-refractivity contribution in [2.45, 2.75) is 53.6 Å². The van der Waals surface area contributed by atoms with Crippen molar-refractivity contribution >= 4 is 0 Å². The second kappa shape index (κ2) is 5.87. The number of aryl methyl sites for hydroxylation is 3. The number of hydrogen-bond acceptors (Lipinski definition) is 2. The number of rotatable bonds is 3. The highest BCUT2D eigenvalue weighted by Gasteiger charge is 2.28. The van der Waals surface area contributed by atoms with Gasteiger partial charge in [-0.1, -0.05) is 31.5 Å². The predicted molar refractivity (Wildman–Crippen MR) is 85.1 cm³/mol. The molecule has 0 saturated carbocycles. The number of nitrogens with zero attached hydrogens (tertiary/aromatic N) is 1. The van der Waals surface area contributed by atoms with E-state index in [2.05, 4.69) is 51.7 Å². The summed E-state index contributed by atoms with van der Waals surface area (Å²) in [6, 6.07) is 4.34. The second-order valence-electron chi connectivity index (χ2n) is 7.33. The fourth-order valence-corrected chi connectivity index (χ4v) is 3.75. The van der Waals surface area contributed by atoms with Crippen molar-refractivity contribution < 1.29 is 5.11 Å². The Morgan fingerprint density at radius 3 is 2.35 bits per heavy atom. The van der Waals surface area contributed by atoms with Gasteiger partial charge in [0.1, 0.15) is 0 Å². The van der Waals surface area contributed by atoms with Crippen molar-refractivity contribution in [1.29, 1.82) is 0 Å². The number of likely N-dealkylation sites (tertiary alicyclic amines) is 1. The molecule has 2 heteroatoms. The van der Waals surface area contributed by atoms with E-state index in [-0.39, 0.29) is 6.10 Å². The van der Waals surface area contributed by atoms with Crippen LogP contribution < -0.4 is 0 Å². The third kappa shape index (κ3) is 3.62. The van der Waals surface area contributed by atoms with Crippen LogP contribution in [0, 0.1) is 26.2 Å². The zero-order chi connectivity index (χ0) is 14.9. The minimum absolute atomic E-state index is 0.371. The van der Waals surface area contributed by atoms with Gasteiger partial charge in [0.15, 0.2) is 0 Å². The normalized spacial score (nSPS) is 20.9. The van der Waals surface area contributed by atoms with Crippen LogP contribution in [0.15, 0.2) is 12.1 Å². The third-order valence-corrected chi connectivity index (χ3v) is 4.48. The molecule has 1 atom stereocenters. The Morgan fingerprint density at radius 1 is 1.20 bits per heavy atom. The standard InChI is InChI=1S/C18H29NO/c1-13-9-14(2)17(15(3)10-13)16(20)11-19-8-6-7-18(4,5)12-19/h9-10,16,20H,6-8,11-12H2,1-5H3. The van der Waals surface area contributed by atoms with E-state index in [1.165, 1.54) is 29.5 Å². The van der Waals surface area contributed by atoms with Gasteiger partial charge in [0.05, 0.1) is 6.10 Å². The zero-order valence-electron chi connectivity index (χ0n) is 13.7. The van der Waals surface area contributed by atoms with E-state index in [0.717, 1.165) is 25.2 Å². The first-order valence-electron chi connectivity index (χ1n) is 7.77. The molecule has 1 aliphatic heterocycles. The number of benzene rings is 1. The molecule has 1 unspecified atom stereocenters. The molecule has 1 heterocycles. The van der Waals surface area contributed by atoms with E-state index in [1.54, 1.807) is 0 Å². The maximum Gasteiger partial charge on any atom is 0.0922 e. The monoisotopic (exact) mass is 275 g/mol. The molecule has 1 fully saturated rings. The van der Waals surface area contributed by atoms with Crippen LogP contribution in [0.3, 0.4) is 0 Å². The minimum atomic E-state index is -0.371. The van der Waals surface area contributed by atoms with Gasteiger partial charge in [-0.3, -0.25) is 4.90 Å². The number of β-amino-alcohol motifs (C(OH)–C–C–N with tert-alkyl or cyclic N) is 1. The first-order chi connectivity index (χ1) is 9.28. The molecule has 0 aliphatic carbocycles. The lowest BCUT2D eigenvalue weighted by Gasteiger charge is -2.39. The summed E-state index contributed by atoms with van der Waals surface area (Å²) in [6.07, 6.45) is 2.16. The molecule has 1 N–H and O–H groups in total. The molecule has 2 nitrogen and oxygen atoms in total. The molecule has 112 valence electrons. The second-order valence-corrected chi connectivity index (χ2v) is 7.33. The van der Waals surface area contributed by atoms with Gasteiger partial charge >= 0.3 is 0 Å². The van der Waals surface area contributed by atoms with Gasteiger partial charge in [-0.2, -0.15) is 0 Å². The number of aliphatic hydroxyl groups is 1. The van der Waals surface area contributed by atoms with Crippen molar-refractivity contribution in [3.63, 3.8) is 0 Å². The van der Waals surface area contributed by atoms with Gasteiger partial charge in [0.25, 0.3) is 0 Å². The summed E-state index contributed by atoms with van der Waals surface area (Å²) in [5.74, 6) is 0. The van der Waals surface area contributed by atoms with Gasteiger partial charge in [-0.15, -0.1) is 0 Å². The van der Waals surface area contributed by atoms with Gasteiger partial charge < -0.3 is 5.11 Å². The topological polar surface area (TPSA) is 23.5 Å². The number of aliphatic hydroxyl groups excluding tert-OH is 1. The van der Waals surface area contributed by atoms with Crippen molar-refractivity contribution in [1.82, 2.24) is 4.90 Å². The molecule has 1 aliphatic rings. The summed E-state index contributed by atoms with van der Waals surface area (Å²) in [5.41, 5.74) is 5.21. The van der Waals surface area contributed by atoms with E-state index >= 15 is 0 Å². The maximum absolute atomic E-state index is 10.7. The Labute approximate surface area is 123 Å². The van der Waals surface area contributed by atoms with Crippen LogP contribution in [0.4, 0.5) is 0 Å². The van der Waals surface area contributed by atoms with E-state index in [0.29, 0.717) is 5.41 Å². The lowest BCUT2D eigenvalue weighted by atomic mass is 9.84. The Bertz CT molecular complexity index is 455. The van der Waals surface area contributed by atoms with E-state index in [4.69, 9.17) is 0 Å². The van der Waals surface area contributed by atoms with Crippen LogP contribution in [0.1, 0.15) is 55.0 Å². The zero-order valence-corrected chi connectivity index (χ0v) is 13.7. The van der Waals surface area contributed by atoms with Crippen LogP contribution in [-0.4, -0.2) is 29.6 Å². The van der Waals surface area contributed by atoms with E-state index in [1.807, 2.05) is 0 Å². The highest BCUT2D eigenvalue weighted by atomic mass is 16.3. The molecule has 1 aromatic rings. The highest BCUT2D eigenvalue weighted by molar-refractivity contribution is 5.39. The summed E-state index contributed by atoms with van der Waals surface area (Å²) in [6.45, 7) is 14.0. The van der Waals surface area contributed by atoms with E-state index < -0.39 is 0 Å². The van der Waals surface area contributed by atoms with Gasteiger partial charge in [0, 0.05) is 13.1 Å². The van der Waals surface area contributed by atoms with Crippen LogP contribution in [0.25, 0.3) is 0 Å². The molecule has 1 aromatic carbocycles. The molecule has 20 heavy (non-hydrogen) atoms. The molecule has 0 bridgehead atoms. The van der Waals surface area contributed by atoms with Crippen molar-refractivity contribution in [3.8, 4) is 0 Å². The van der Waals surface area contributed by atoms with Crippen LogP contribution in [-0.2, 0) is 0 Å². The molecule has 0 aromatic heterocycles. The minimum Gasteiger partial charge on any atom is -0.387 e. The fourth-order valence-electron chi connectivity index (χ4n) is 3.75. The quantitative estimate of drug-likeness (QED) is 0.907. The SMILES string of the molecule is Cc1cc(C)c(C(O)CN2CCCC(C)(C)C2)c(C)c1. The molecular weight excluding hydrogens is 246 g/mol. The molecule has 2 rings (SSSR count). The largest absolute Gasteiger partial charge is 0.387 e. The summed E-state index contributed by atoms with van der Waals surface area (Å²) < 4.78 is 0. The number of hydrogen-bond donors (Lipinski definition) is 1. The Morgan fingerprint density at radius 2 is 1.80 bits per heavy atom. The summed E-state index contributed by atoms with van der Waals surface area (Å²) in [5, 5.41) is 10.7. The third-order valence-electron chi connectivity index (χ3n) is 4.48. The molecule has 0 spiro atoms. The van der Waals surface area contributed by atoms with Gasteiger partial charge in [0.2, 0.25) is 0 Å². The van der Waals surface area contributed by atoms with E-state index in [9.17, 15) is 5.11 Å². The lowest BCUT2D eigenvalue weighted by molar-refractivity contribution is 0.0593. The van der Waals surface area contributed by atoms with Gasteiger partial charge in [-0.05, 0) is 62.3 Å². The van der Waals surface area contributed by atoms with Crippen LogP contribution >= 0.6 is 0 Å². The average Bonchev–Trinajstić information content (AvgIpc) is 2.25. The molecule has 0 amide bonds. The van der Waals surface area contributed by atoms with Crippen LogP contribution in [0.2, 0.25) is 0 Å². The maximum atomic E-state index is 10.7. The molecular formula is C18H29NO. The fraction of sp³-hybridized carbons (Fsp3) is 0.667. The predicted octanol–water partition coefficient (Wildman–Crippen LogP) is 3.77. The van der Waals surface area contributed by atoms with Crippen LogP contribution in [0.5, 0.6) is 0 Å². The lowest BCUT2D eigenvalue weighted by Crippen LogP contribution is -2.42. The van der Waals surface area contributed by atoms with Crippen molar-refractivity contribution in [2.24, 2.45) is 5.41 Å². The smallest absolute Gasteiger partial charge is 0.0922 e. The molecule has 0 radical (unpaired) electrons. The Balaban J connectivity index is 2.10. The Hall–Kier alpha value is -0.860. The number of piperidine rings is 1. The van der Waals surface area contributed by atoms with Crippen molar-refractivity contribution in [2.75, 3.05) is 19.6 Å². The first kappa shape index (κ1) is 15.5. The highest BCUT2D eigenvalue weighted by Crippen LogP contribution is 2.30. The first-order valence-corrected chi connectivity index (χ1v) is 7.77. The average molecular weight is 275 g/mol.